The van der Waals surface area contributed by atoms with Crippen LogP contribution in [0.2, 0.25) is 0 Å². The zero-order valence-electron chi connectivity index (χ0n) is 45.9. The van der Waals surface area contributed by atoms with Crippen LogP contribution < -0.4 is 0 Å². The van der Waals surface area contributed by atoms with E-state index in [1.165, 1.54) is 77.0 Å². The summed E-state index contributed by atoms with van der Waals surface area (Å²) in [7, 11) is 1.46. The van der Waals surface area contributed by atoms with Gasteiger partial charge in [0.2, 0.25) is 0 Å². The van der Waals surface area contributed by atoms with Gasteiger partial charge in [0, 0.05) is 12.8 Å². The first kappa shape index (κ1) is 67.7. The second-order valence-corrected chi connectivity index (χ2v) is 21.0. The van der Waals surface area contributed by atoms with Crippen molar-refractivity contribution in [3.05, 3.63) is 109 Å². The van der Waals surface area contributed by atoms with Crippen molar-refractivity contribution >= 4 is 19.8 Å². The molecule has 10 heteroatoms. The molecule has 0 aliphatic heterocycles. The number of carbonyl (C=O) groups is 2. The van der Waals surface area contributed by atoms with E-state index in [1.54, 1.807) is 0 Å². The minimum atomic E-state index is -4.38. The van der Waals surface area contributed by atoms with Gasteiger partial charge in [-0.1, -0.05) is 226 Å². The normalized spacial score (nSPS) is 14.2. The molecule has 2 atom stereocenters. The SMILES string of the molecule is CC/C=C\C/C=C\C/C=C\C/C=C\C/C=C\C/C=C\C/C=C\C/C=C\C/C=C\CCCCCCCCCCCC(=O)OC(COC(=O)CCCCCCCCCCCC)COP(=O)(O)OCC[N+](C)(C)C. The van der Waals surface area contributed by atoms with Crippen LogP contribution in [0, 0.1) is 0 Å². The number of carbonyl (C=O) groups excluding carboxylic acids is 2. The minimum Gasteiger partial charge on any atom is -0.462 e. The van der Waals surface area contributed by atoms with Gasteiger partial charge in [-0.15, -0.1) is 0 Å². The molecule has 0 aliphatic carbocycles. The van der Waals surface area contributed by atoms with Crippen molar-refractivity contribution in [1.29, 1.82) is 0 Å². The zero-order valence-corrected chi connectivity index (χ0v) is 46.8. The molecule has 0 spiro atoms. The Kier molecular flexibility index (Phi) is 49.1. The fraction of sp³-hybridized carbons (Fsp3) is 0.672. The highest BCUT2D eigenvalue weighted by molar-refractivity contribution is 7.47. The van der Waals surface area contributed by atoms with Crippen molar-refractivity contribution in [2.75, 3.05) is 47.5 Å². The molecule has 0 bridgehead atoms. The summed E-state index contributed by atoms with van der Waals surface area (Å²) >= 11 is 0. The van der Waals surface area contributed by atoms with E-state index in [0.717, 1.165) is 103 Å². The van der Waals surface area contributed by atoms with Crippen LogP contribution in [0.3, 0.4) is 0 Å². The van der Waals surface area contributed by atoms with Gasteiger partial charge in [0.1, 0.15) is 19.8 Å². The summed E-state index contributed by atoms with van der Waals surface area (Å²) in [5.41, 5.74) is 0. The topological polar surface area (TPSA) is 108 Å². The van der Waals surface area contributed by atoms with Crippen molar-refractivity contribution in [2.24, 2.45) is 0 Å². The van der Waals surface area contributed by atoms with Crippen molar-refractivity contribution < 1.29 is 42.1 Å². The fourth-order valence-corrected chi connectivity index (χ4v) is 7.98. The number of quaternary nitrogens is 1. The van der Waals surface area contributed by atoms with Gasteiger partial charge in [0.05, 0.1) is 27.7 Å². The van der Waals surface area contributed by atoms with Gasteiger partial charge in [0.25, 0.3) is 0 Å². The number of likely N-dealkylation sites (N-methyl/N-ethyl adjacent to an activating group) is 1. The average molecular weight is 1010 g/mol. The molecule has 0 aliphatic rings. The molecule has 1 N–H and O–H groups in total. The first-order valence-electron chi connectivity index (χ1n) is 28.1. The molecule has 0 rings (SSSR count). The smallest absolute Gasteiger partial charge is 0.462 e. The number of hydrogen-bond donors (Lipinski definition) is 1. The molecule has 0 fully saturated rings. The molecule has 2 unspecified atom stereocenters. The first-order valence-corrected chi connectivity index (χ1v) is 29.6. The van der Waals surface area contributed by atoms with Gasteiger partial charge in [-0.05, 0) is 83.5 Å². The van der Waals surface area contributed by atoms with Gasteiger partial charge in [0.15, 0.2) is 6.10 Å². The third kappa shape index (κ3) is 55.8. The third-order valence-electron chi connectivity index (χ3n) is 11.6. The molecule has 9 nitrogen and oxygen atoms in total. The molecule has 0 heterocycles. The Hall–Kier alpha value is -3.33. The Morgan fingerprint density at radius 3 is 1.20 bits per heavy atom. The van der Waals surface area contributed by atoms with E-state index >= 15 is 0 Å². The van der Waals surface area contributed by atoms with Crippen LogP contribution in [0.5, 0.6) is 0 Å². The van der Waals surface area contributed by atoms with Crippen LogP contribution in [0.25, 0.3) is 0 Å². The predicted octanol–water partition coefficient (Wildman–Crippen LogP) is 17.4. The maximum Gasteiger partial charge on any atom is 0.472 e. The minimum absolute atomic E-state index is 0.0268. The van der Waals surface area contributed by atoms with E-state index < -0.39 is 26.5 Å². The Morgan fingerprint density at radius 2 is 0.803 bits per heavy atom. The lowest BCUT2D eigenvalue weighted by atomic mass is 10.1. The maximum atomic E-state index is 12.8. The Morgan fingerprint density at radius 1 is 0.451 bits per heavy atom. The number of hydrogen-bond acceptors (Lipinski definition) is 7. The second kappa shape index (κ2) is 51.6. The Balaban J connectivity index is 4.08. The number of nitrogens with zero attached hydrogens (tertiary/aromatic N) is 1. The summed E-state index contributed by atoms with van der Waals surface area (Å²) < 4.78 is 34.4. The van der Waals surface area contributed by atoms with Crippen molar-refractivity contribution in [2.45, 2.75) is 219 Å². The van der Waals surface area contributed by atoms with E-state index in [9.17, 15) is 19.0 Å². The quantitative estimate of drug-likeness (QED) is 0.0211. The highest BCUT2D eigenvalue weighted by atomic mass is 31.2. The lowest BCUT2D eigenvalue weighted by molar-refractivity contribution is -0.870. The first-order chi connectivity index (χ1) is 34.5. The number of rotatable bonds is 50. The average Bonchev–Trinajstić information content (AvgIpc) is 3.33. The van der Waals surface area contributed by atoms with Crippen LogP contribution in [-0.2, 0) is 32.7 Å². The molecule has 0 saturated carbocycles. The molecule has 71 heavy (non-hydrogen) atoms. The number of ether oxygens (including phenoxy) is 2. The number of allylic oxidation sites excluding steroid dienone is 18. The number of esters is 2. The van der Waals surface area contributed by atoms with E-state index in [0.29, 0.717) is 17.4 Å². The van der Waals surface area contributed by atoms with Crippen LogP contribution in [-0.4, -0.2) is 74.9 Å². The molecule has 0 aromatic heterocycles. The lowest BCUT2D eigenvalue weighted by Crippen LogP contribution is -2.37. The summed E-state index contributed by atoms with van der Waals surface area (Å²) in [5.74, 6) is -0.811. The van der Waals surface area contributed by atoms with Crippen LogP contribution >= 0.6 is 7.82 Å². The summed E-state index contributed by atoms with van der Waals surface area (Å²) in [6, 6.07) is 0. The molecular weight excluding hydrogens is 906 g/mol. The van der Waals surface area contributed by atoms with E-state index in [2.05, 4.69) is 123 Å². The van der Waals surface area contributed by atoms with E-state index in [-0.39, 0.29) is 32.0 Å². The van der Waals surface area contributed by atoms with Crippen molar-refractivity contribution in [3.8, 4) is 0 Å². The lowest BCUT2D eigenvalue weighted by Gasteiger charge is -2.24. The van der Waals surface area contributed by atoms with Crippen molar-refractivity contribution in [3.63, 3.8) is 0 Å². The molecule has 0 saturated heterocycles. The molecule has 406 valence electrons. The van der Waals surface area contributed by atoms with E-state index in [1.807, 2.05) is 21.1 Å². The third-order valence-corrected chi connectivity index (χ3v) is 12.6. The van der Waals surface area contributed by atoms with Gasteiger partial charge in [-0.2, -0.15) is 0 Å². The summed E-state index contributed by atoms with van der Waals surface area (Å²) in [4.78, 5) is 35.5. The van der Waals surface area contributed by atoms with Crippen LogP contribution in [0.15, 0.2) is 109 Å². The monoisotopic (exact) mass is 1010 g/mol. The van der Waals surface area contributed by atoms with Gasteiger partial charge < -0.3 is 18.9 Å². The Labute approximate surface area is 436 Å². The summed E-state index contributed by atoms with van der Waals surface area (Å²) in [5, 5.41) is 0. The molecule has 0 amide bonds. The molecule has 0 aromatic carbocycles. The molecule has 0 aromatic rings. The van der Waals surface area contributed by atoms with Gasteiger partial charge in [-0.25, -0.2) is 4.57 Å². The highest BCUT2D eigenvalue weighted by Crippen LogP contribution is 2.43. The second-order valence-electron chi connectivity index (χ2n) is 19.6. The zero-order chi connectivity index (χ0) is 52.0. The fourth-order valence-electron chi connectivity index (χ4n) is 7.24. The maximum absolute atomic E-state index is 12.8. The predicted molar refractivity (Wildman–Crippen MR) is 302 cm³/mol. The molecular formula is C61H105NO8P+. The van der Waals surface area contributed by atoms with Crippen LogP contribution in [0.1, 0.15) is 213 Å². The summed E-state index contributed by atoms with van der Waals surface area (Å²) in [6.07, 6.45) is 71.7. The van der Waals surface area contributed by atoms with Crippen molar-refractivity contribution in [1.82, 2.24) is 0 Å². The largest absolute Gasteiger partial charge is 0.472 e. The number of phosphoric ester groups is 1. The number of unbranched alkanes of at least 4 members (excludes halogenated alkanes) is 18. The van der Waals surface area contributed by atoms with E-state index in [4.69, 9.17) is 18.5 Å². The standard InChI is InChI=1S/C61H104NO8P/c1-6-8-10-12-14-16-18-19-20-21-22-23-24-25-26-27-28-29-30-31-32-33-34-35-36-37-38-39-40-41-42-43-44-46-48-50-52-54-61(64)70-59(58-69-71(65,66)68-56-55-62(3,4)5)57-67-60(63)53-51-49-47-45-17-15-13-11-9-7-2/h8,10,14,16,19-20,22-23,25-26,28-29,31-32,34-35,37-38,59H,6-7,9,11-13,15,17-18,21,24,27,30,33,36,39-58H2,1-5H3/p+1/b10-8-,16-14-,20-19-,23-22-,26-25-,29-28-,32-31-,35-34-,38-37-. The van der Waals surface area contributed by atoms with Crippen LogP contribution in [0.4, 0.5) is 0 Å². The van der Waals surface area contributed by atoms with Gasteiger partial charge >= 0.3 is 19.8 Å². The number of phosphoric acid groups is 1. The Bertz CT molecular complexity index is 1570. The highest BCUT2D eigenvalue weighted by Gasteiger charge is 2.27. The molecule has 0 radical (unpaired) electrons. The summed E-state index contributed by atoms with van der Waals surface area (Å²) in [6.45, 7) is 4.28. The van der Waals surface area contributed by atoms with Gasteiger partial charge in [-0.3, -0.25) is 18.6 Å².